The first-order valence-electron chi connectivity index (χ1n) is 11.1. The second-order valence-electron chi connectivity index (χ2n) is 8.17. The van der Waals surface area contributed by atoms with Crippen LogP contribution in [0.2, 0.25) is 0 Å². The zero-order valence-electron chi connectivity index (χ0n) is 18.2. The summed E-state index contributed by atoms with van der Waals surface area (Å²) in [6.07, 6.45) is 4.16. The highest BCUT2D eigenvalue weighted by Crippen LogP contribution is 2.32. The van der Waals surface area contributed by atoms with Crippen LogP contribution in [0.1, 0.15) is 36.0 Å². The van der Waals surface area contributed by atoms with Crippen molar-refractivity contribution in [3.8, 4) is 0 Å². The van der Waals surface area contributed by atoms with E-state index in [1.165, 1.54) is 10.4 Å². The molecule has 0 bridgehead atoms. The number of hydrogen-bond acceptors (Lipinski definition) is 5. The van der Waals surface area contributed by atoms with Crippen LogP contribution in [0.5, 0.6) is 0 Å². The van der Waals surface area contributed by atoms with E-state index in [0.717, 1.165) is 50.9 Å². The number of amides is 1. The van der Waals surface area contributed by atoms with Crippen LogP contribution in [-0.2, 0) is 14.8 Å². The van der Waals surface area contributed by atoms with Gasteiger partial charge in [-0.2, -0.15) is 4.31 Å². The van der Waals surface area contributed by atoms with Gasteiger partial charge in [-0.15, -0.1) is 0 Å². The van der Waals surface area contributed by atoms with E-state index in [1.807, 2.05) is 0 Å². The molecule has 33 heavy (non-hydrogen) atoms. The third-order valence-corrected chi connectivity index (χ3v) is 7.84. The summed E-state index contributed by atoms with van der Waals surface area (Å²) in [6.45, 7) is 2.67. The van der Waals surface area contributed by atoms with Crippen molar-refractivity contribution in [2.75, 3.05) is 49.6 Å². The number of carbonyl (C=O) groups is 1. The van der Waals surface area contributed by atoms with E-state index in [4.69, 9.17) is 4.74 Å². The molecule has 2 heterocycles. The Morgan fingerprint density at radius 1 is 0.909 bits per heavy atom. The molecule has 0 aromatic heterocycles. The first-order chi connectivity index (χ1) is 15.9. The van der Waals surface area contributed by atoms with Crippen LogP contribution >= 0.6 is 0 Å². The number of anilines is 2. The maximum atomic E-state index is 14.2. The van der Waals surface area contributed by atoms with Gasteiger partial charge in [-0.3, -0.25) is 4.79 Å². The summed E-state index contributed by atoms with van der Waals surface area (Å²) in [6, 6.07) is 7.37. The monoisotopic (exact) mass is 479 g/mol. The van der Waals surface area contributed by atoms with Gasteiger partial charge in [0.15, 0.2) is 0 Å². The maximum absolute atomic E-state index is 14.2. The van der Waals surface area contributed by atoms with E-state index < -0.39 is 27.6 Å². The number of morpholine rings is 1. The van der Waals surface area contributed by atoms with Crippen molar-refractivity contribution in [2.45, 2.75) is 30.6 Å². The van der Waals surface area contributed by atoms with Crippen molar-refractivity contribution in [1.82, 2.24) is 4.31 Å². The number of nitrogens with one attached hydrogen (secondary N) is 1. The minimum atomic E-state index is -3.79. The van der Waals surface area contributed by atoms with Gasteiger partial charge in [0, 0.05) is 32.2 Å². The highest BCUT2D eigenvalue weighted by Gasteiger charge is 2.28. The fraction of sp³-hybridized carbons (Fsp3) is 0.435. The molecular formula is C23H27F2N3O4S. The minimum Gasteiger partial charge on any atom is -0.379 e. The number of benzene rings is 2. The number of rotatable bonds is 5. The van der Waals surface area contributed by atoms with Gasteiger partial charge in [-0.25, -0.2) is 17.2 Å². The van der Waals surface area contributed by atoms with Gasteiger partial charge in [-0.1, -0.05) is 12.8 Å². The molecule has 2 fully saturated rings. The molecule has 0 saturated carbocycles. The first kappa shape index (κ1) is 23.6. The van der Waals surface area contributed by atoms with E-state index in [0.29, 0.717) is 25.0 Å². The topological polar surface area (TPSA) is 79.0 Å². The lowest BCUT2D eigenvalue weighted by Crippen LogP contribution is -2.40. The second kappa shape index (κ2) is 10.1. The predicted molar refractivity (Wildman–Crippen MR) is 121 cm³/mol. The molecule has 0 unspecified atom stereocenters. The molecular weight excluding hydrogens is 452 g/mol. The molecule has 2 saturated heterocycles. The molecule has 178 valence electrons. The number of carbonyl (C=O) groups excluding carboxylic acids is 1. The predicted octanol–water partition coefficient (Wildman–Crippen LogP) is 3.62. The standard InChI is InChI=1S/C23H27F2N3O4S/c24-17-5-7-19(20(25)15-17)23(29)26-21-16-18(33(30,31)28-11-13-32-14-12-28)6-8-22(21)27-9-3-1-2-4-10-27/h5-8,15-16H,1-4,9-14H2,(H,26,29). The van der Waals surface area contributed by atoms with Crippen molar-refractivity contribution in [3.05, 3.63) is 53.6 Å². The summed E-state index contributed by atoms with van der Waals surface area (Å²) in [4.78, 5) is 15.0. The molecule has 10 heteroatoms. The summed E-state index contributed by atoms with van der Waals surface area (Å²) in [5.74, 6) is -2.54. The molecule has 0 aliphatic carbocycles. The molecule has 4 rings (SSSR count). The number of ether oxygens (including phenoxy) is 1. The van der Waals surface area contributed by atoms with Crippen molar-refractivity contribution in [3.63, 3.8) is 0 Å². The van der Waals surface area contributed by atoms with Crippen LogP contribution in [0.25, 0.3) is 0 Å². The smallest absolute Gasteiger partial charge is 0.258 e. The highest BCUT2D eigenvalue weighted by molar-refractivity contribution is 7.89. The Bertz CT molecular complexity index is 1110. The second-order valence-corrected chi connectivity index (χ2v) is 10.1. The Hall–Kier alpha value is -2.56. The summed E-state index contributed by atoms with van der Waals surface area (Å²) >= 11 is 0. The zero-order valence-corrected chi connectivity index (χ0v) is 19.0. The summed E-state index contributed by atoms with van der Waals surface area (Å²) in [5.41, 5.74) is 0.633. The lowest BCUT2D eigenvalue weighted by molar-refractivity contribution is 0.0730. The van der Waals surface area contributed by atoms with Gasteiger partial charge in [-0.05, 0) is 43.2 Å². The van der Waals surface area contributed by atoms with E-state index in [1.54, 1.807) is 12.1 Å². The lowest BCUT2D eigenvalue weighted by atomic mass is 10.1. The third-order valence-electron chi connectivity index (χ3n) is 5.95. The van der Waals surface area contributed by atoms with Crippen LogP contribution in [0.4, 0.5) is 20.2 Å². The van der Waals surface area contributed by atoms with Gasteiger partial charge < -0.3 is 15.0 Å². The van der Waals surface area contributed by atoms with Crippen molar-refractivity contribution >= 4 is 27.3 Å². The van der Waals surface area contributed by atoms with Crippen LogP contribution in [-0.4, -0.2) is 58.0 Å². The lowest BCUT2D eigenvalue weighted by Gasteiger charge is -2.28. The first-order valence-corrected chi connectivity index (χ1v) is 12.5. The van der Waals surface area contributed by atoms with E-state index in [-0.39, 0.29) is 29.2 Å². The van der Waals surface area contributed by atoms with E-state index in [9.17, 15) is 22.0 Å². The Kier molecular flexibility index (Phi) is 7.26. The molecule has 0 atom stereocenters. The van der Waals surface area contributed by atoms with E-state index in [2.05, 4.69) is 10.2 Å². The number of hydrogen-bond donors (Lipinski definition) is 1. The van der Waals surface area contributed by atoms with Crippen molar-refractivity contribution in [2.24, 2.45) is 0 Å². The average Bonchev–Trinajstić information content (AvgIpc) is 3.09. The molecule has 1 amide bonds. The highest BCUT2D eigenvalue weighted by atomic mass is 32.2. The van der Waals surface area contributed by atoms with Crippen LogP contribution in [0.15, 0.2) is 41.3 Å². The van der Waals surface area contributed by atoms with Gasteiger partial charge >= 0.3 is 0 Å². The Morgan fingerprint density at radius 2 is 1.61 bits per heavy atom. The summed E-state index contributed by atoms with van der Waals surface area (Å²) in [7, 11) is -3.79. The third kappa shape index (κ3) is 5.34. The van der Waals surface area contributed by atoms with Crippen molar-refractivity contribution < 1.29 is 26.7 Å². The number of halogens is 2. The fourth-order valence-electron chi connectivity index (χ4n) is 4.16. The van der Waals surface area contributed by atoms with Gasteiger partial charge in [0.2, 0.25) is 10.0 Å². The number of sulfonamides is 1. The molecule has 7 nitrogen and oxygen atoms in total. The molecule has 2 aliphatic rings. The molecule has 0 spiro atoms. The largest absolute Gasteiger partial charge is 0.379 e. The van der Waals surface area contributed by atoms with Crippen LogP contribution in [0.3, 0.4) is 0 Å². The number of nitrogens with zero attached hydrogens (tertiary/aromatic N) is 2. The van der Waals surface area contributed by atoms with Gasteiger partial charge in [0.1, 0.15) is 11.6 Å². The van der Waals surface area contributed by atoms with Crippen LogP contribution < -0.4 is 10.2 Å². The molecule has 2 aromatic rings. The average molecular weight is 480 g/mol. The molecule has 1 N–H and O–H groups in total. The summed E-state index contributed by atoms with van der Waals surface area (Å²) < 4.78 is 60.4. The Labute approximate surface area is 192 Å². The molecule has 0 radical (unpaired) electrons. The molecule has 2 aliphatic heterocycles. The van der Waals surface area contributed by atoms with Crippen LogP contribution in [0, 0.1) is 11.6 Å². The van der Waals surface area contributed by atoms with Gasteiger partial charge in [0.05, 0.1) is 35.0 Å². The molecule has 2 aromatic carbocycles. The Balaban J connectivity index is 1.70. The minimum absolute atomic E-state index is 0.0397. The summed E-state index contributed by atoms with van der Waals surface area (Å²) in [5, 5.41) is 2.67. The fourth-order valence-corrected chi connectivity index (χ4v) is 5.60. The van der Waals surface area contributed by atoms with Gasteiger partial charge in [0.25, 0.3) is 5.91 Å². The SMILES string of the molecule is O=C(Nc1cc(S(=O)(=O)N2CCOCC2)ccc1N1CCCCCC1)c1ccc(F)cc1F. The van der Waals surface area contributed by atoms with Crippen molar-refractivity contribution in [1.29, 1.82) is 0 Å². The quantitative estimate of drug-likeness (QED) is 0.709. The normalized spacial score (nSPS) is 18.1. The maximum Gasteiger partial charge on any atom is 0.258 e. The zero-order chi connectivity index (χ0) is 23.4. The van der Waals surface area contributed by atoms with E-state index >= 15 is 0 Å². The Morgan fingerprint density at radius 3 is 2.27 bits per heavy atom.